The molecule has 0 bridgehead atoms. The number of phosphoric ester groups is 2. The minimum atomic E-state index is -5.50. The number of likely N-dealkylation sites (N-methyl/N-ethyl adjacent to an activating group) is 1. The smallest absolute Gasteiger partial charge is 0.455 e. The Morgan fingerprint density at radius 1 is 0.831 bits per heavy atom. The number of nitrogens with one attached hydrogen (secondary N) is 1. The number of esters is 1. The number of hydrogen-bond acceptors (Lipinski definition) is 21. The predicted molar refractivity (Wildman–Crippen MR) is 263 cm³/mol. The Bertz CT molecular complexity index is 3210. The van der Waals surface area contributed by atoms with Gasteiger partial charge in [0.2, 0.25) is 5.91 Å². The van der Waals surface area contributed by atoms with Gasteiger partial charge in [-0.1, -0.05) is 54.6 Å². The molecule has 3 aromatic carbocycles. The van der Waals surface area contributed by atoms with E-state index in [1.807, 2.05) is 0 Å². The molecule has 6 aromatic rings. The molecule has 28 nitrogen and oxygen atoms in total. The number of aryl methyl sites for hydroxylation is 1. The molecule has 0 saturated carbocycles. The zero-order valence-corrected chi connectivity index (χ0v) is 42.1. The van der Waals surface area contributed by atoms with Crippen LogP contribution in [-0.2, 0) is 70.7 Å². The molecule has 8 rings (SSSR count). The SMILES string of the molecule is CN(C(=O)OCc1ccc(NC(=O)Cc2ccc(F)cc2)cc1)[C@@H](CCc1ccccc1)C(=O)O[C@H]1[C@@H](O)[C@H](n2cnc3c(N)ncnc32)O[C@@H]1COP(=O)(O)O[C@H]1[C@@H](O)[C@H](n2ccc(N)nc2=O)O[C@@H]1COP(=O)(O)O. The number of hydrogen-bond donors (Lipinski definition) is 8. The molecule has 1 unspecified atom stereocenters. The number of nitrogens with zero attached hydrogens (tertiary/aromatic N) is 7. The maximum Gasteiger partial charge on any atom is 0.472 e. The van der Waals surface area contributed by atoms with E-state index in [1.165, 1.54) is 42.2 Å². The van der Waals surface area contributed by atoms with Crippen LogP contribution >= 0.6 is 15.6 Å². The number of amides is 2. The quantitative estimate of drug-likeness (QED) is 0.0377. The van der Waals surface area contributed by atoms with Crippen molar-refractivity contribution in [2.24, 2.45) is 0 Å². The average molecular weight is 1110 g/mol. The number of benzene rings is 3. The van der Waals surface area contributed by atoms with E-state index >= 15 is 0 Å². The van der Waals surface area contributed by atoms with Gasteiger partial charge in [0.05, 0.1) is 26.0 Å². The van der Waals surface area contributed by atoms with E-state index in [4.69, 9.17) is 39.5 Å². The molecule has 2 fully saturated rings. The summed E-state index contributed by atoms with van der Waals surface area (Å²) in [6.45, 7) is -2.35. The third kappa shape index (κ3) is 14.1. The van der Waals surface area contributed by atoms with Crippen LogP contribution in [-0.4, -0.2) is 140 Å². The van der Waals surface area contributed by atoms with Gasteiger partial charge in [-0.3, -0.25) is 32.4 Å². The third-order valence-corrected chi connectivity index (χ3v) is 13.6. The van der Waals surface area contributed by atoms with Gasteiger partial charge >= 0.3 is 33.4 Å². The van der Waals surface area contributed by atoms with Gasteiger partial charge in [0.1, 0.15) is 66.6 Å². The number of phosphoric acid groups is 2. The molecule has 0 spiro atoms. The van der Waals surface area contributed by atoms with Crippen molar-refractivity contribution in [3.05, 3.63) is 137 Å². The fourth-order valence-electron chi connectivity index (χ4n) is 8.32. The molecule has 2 saturated heterocycles. The summed E-state index contributed by atoms with van der Waals surface area (Å²) >= 11 is 0. The van der Waals surface area contributed by atoms with Gasteiger partial charge in [0.25, 0.3) is 0 Å². The molecule has 0 aliphatic carbocycles. The second kappa shape index (κ2) is 24.1. The number of anilines is 3. The standard InChI is InChI=1S/C46H51FN10O18P2/c1-55(46(63)69-20-27-9-14-29(15-10-27)53-34(58)19-26-7-12-28(47)13-8-26)30(16-11-25-5-3-2-4-6-25)44(61)74-38-31(72-43(36(38)59)57-24-52-35-40(49)50-23-51-41(35)57)22-71-77(67,68)75-39-32(21-70-76(64,65)66)73-42(37(39)60)56-18-17-33(48)54-45(56)62/h2-10,12-15,17-18,23-24,30-32,36-39,42-43,59-60H,11,16,19-22H2,1H3,(H,53,58)(H,67,68)(H2,48,54,62)(H2,49,50,51)(H2,64,65,66)/t30-,31+,32+,36+,37+,38+,39+,42+,43+/m0/s1. The van der Waals surface area contributed by atoms with Gasteiger partial charge in [-0.05, 0) is 59.9 Å². The van der Waals surface area contributed by atoms with Crippen molar-refractivity contribution in [1.82, 2.24) is 34.0 Å². The number of aliphatic hydroxyl groups is 2. The molecule has 10 N–H and O–H groups in total. The number of fused-ring (bicyclic) bond motifs is 1. The highest BCUT2D eigenvalue weighted by Crippen LogP contribution is 2.50. The molecule has 10 atom stereocenters. The molecule has 5 heterocycles. The normalized spacial score (nSPS) is 22.5. The van der Waals surface area contributed by atoms with E-state index < -0.39 is 108 Å². The van der Waals surface area contributed by atoms with Crippen LogP contribution in [0.4, 0.5) is 26.5 Å². The van der Waals surface area contributed by atoms with Crippen molar-refractivity contribution in [2.75, 3.05) is 37.0 Å². The van der Waals surface area contributed by atoms with Crippen LogP contribution in [0.5, 0.6) is 0 Å². The van der Waals surface area contributed by atoms with Gasteiger partial charge in [-0.15, -0.1) is 0 Å². The Hall–Kier alpha value is -7.11. The minimum Gasteiger partial charge on any atom is -0.455 e. The lowest BCUT2D eigenvalue weighted by molar-refractivity contribution is -0.162. The number of ether oxygens (including phenoxy) is 4. The van der Waals surface area contributed by atoms with Gasteiger partial charge in [-0.25, -0.2) is 42.9 Å². The van der Waals surface area contributed by atoms with E-state index in [0.29, 0.717) is 16.8 Å². The number of aliphatic hydroxyl groups excluding tert-OH is 2. The van der Waals surface area contributed by atoms with Gasteiger partial charge in [-0.2, -0.15) is 4.98 Å². The van der Waals surface area contributed by atoms with Crippen molar-refractivity contribution < 1.29 is 85.3 Å². The summed E-state index contributed by atoms with van der Waals surface area (Å²) in [7, 11) is -9.43. The lowest BCUT2D eigenvalue weighted by atomic mass is 10.0. The van der Waals surface area contributed by atoms with E-state index in [-0.39, 0.29) is 54.6 Å². The molecular formula is C46H51FN10O18P2. The van der Waals surface area contributed by atoms with Crippen LogP contribution in [0, 0.1) is 5.82 Å². The summed E-state index contributed by atoms with van der Waals surface area (Å²) in [5, 5.41) is 26.0. The van der Waals surface area contributed by atoms with Crippen molar-refractivity contribution in [3.63, 3.8) is 0 Å². The summed E-state index contributed by atoms with van der Waals surface area (Å²) in [5.41, 5.74) is 13.0. The van der Waals surface area contributed by atoms with Gasteiger partial charge in [0, 0.05) is 18.9 Å². The van der Waals surface area contributed by atoms with Crippen molar-refractivity contribution in [2.45, 2.75) is 81.0 Å². The largest absolute Gasteiger partial charge is 0.472 e. The molecule has 0 radical (unpaired) electrons. The Labute approximate surface area is 435 Å². The summed E-state index contributed by atoms with van der Waals surface area (Å²) < 4.78 is 79.2. The van der Waals surface area contributed by atoms with Crippen LogP contribution in [0.2, 0.25) is 0 Å². The zero-order valence-electron chi connectivity index (χ0n) is 40.4. The Kier molecular flexibility index (Phi) is 17.5. The molecule has 2 aliphatic heterocycles. The lowest BCUT2D eigenvalue weighted by Crippen LogP contribution is -2.47. The monoisotopic (exact) mass is 1110 g/mol. The first-order chi connectivity index (χ1) is 36.6. The summed E-state index contributed by atoms with van der Waals surface area (Å²) in [4.78, 5) is 100. The van der Waals surface area contributed by atoms with E-state index in [1.54, 1.807) is 54.6 Å². The summed E-state index contributed by atoms with van der Waals surface area (Å²) in [6.07, 6.45) is -11.7. The van der Waals surface area contributed by atoms with Crippen LogP contribution in [0.15, 0.2) is 109 Å². The first kappa shape index (κ1) is 56.1. The Morgan fingerprint density at radius 3 is 2.17 bits per heavy atom. The number of halogens is 1. The molecule has 2 aliphatic rings. The first-order valence-corrected chi connectivity index (χ1v) is 26.2. The third-order valence-electron chi connectivity index (χ3n) is 12.2. The first-order valence-electron chi connectivity index (χ1n) is 23.2. The van der Waals surface area contributed by atoms with Crippen molar-refractivity contribution >= 4 is 62.1 Å². The number of carbonyl (C=O) groups excluding carboxylic acids is 3. The molecule has 31 heteroatoms. The van der Waals surface area contributed by atoms with Crippen molar-refractivity contribution in [1.29, 1.82) is 0 Å². The summed E-state index contributed by atoms with van der Waals surface area (Å²) in [6, 6.07) is 20.5. The number of nitrogen functional groups attached to an aromatic ring is 2. The number of nitrogens with two attached hydrogens (primary N) is 2. The Morgan fingerprint density at radius 2 is 1.48 bits per heavy atom. The molecule has 77 heavy (non-hydrogen) atoms. The van der Waals surface area contributed by atoms with Crippen molar-refractivity contribution in [3.8, 4) is 0 Å². The highest BCUT2D eigenvalue weighted by Gasteiger charge is 2.52. The van der Waals surface area contributed by atoms with Crippen LogP contribution in [0.25, 0.3) is 11.2 Å². The van der Waals surface area contributed by atoms with E-state index in [2.05, 4.69) is 29.8 Å². The predicted octanol–water partition coefficient (Wildman–Crippen LogP) is 1.88. The summed E-state index contributed by atoms with van der Waals surface area (Å²) in [5.74, 6) is -2.12. The number of aromatic nitrogens is 6. The fourth-order valence-corrected chi connectivity index (χ4v) is 9.63. The van der Waals surface area contributed by atoms with Crippen LogP contribution in [0.3, 0.4) is 0 Å². The second-order valence-electron chi connectivity index (χ2n) is 17.5. The number of rotatable bonds is 21. The fraction of sp³-hybridized carbons (Fsp3) is 0.348. The van der Waals surface area contributed by atoms with Gasteiger partial charge < -0.3 is 60.6 Å². The zero-order chi connectivity index (χ0) is 55.2. The average Bonchev–Trinajstić information content (AvgIpc) is 4.05. The molecule has 3 aromatic heterocycles. The maximum atomic E-state index is 14.5. The highest BCUT2D eigenvalue weighted by atomic mass is 31.2. The van der Waals surface area contributed by atoms with E-state index in [0.717, 1.165) is 33.6 Å². The van der Waals surface area contributed by atoms with Crippen LogP contribution < -0.4 is 22.5 Å². The topological polar surface area (TPSA) is 397 Å². The second-order valence-corrected chi connectivity index (χ2v) is 20.2. The lowest BCUT2D eigenvalue weighted by Gasteiger charge is -2.29. The van der Waals surface area contributed by atoms with Crippen LogP contribution in [0.1, 0.15) is 35.6 Å². The molecule has 2 amide bonds. The maximum absolute atomic E-state index is 14.5. The highest BCUT2D eigenvalue weighted by molar-refractivity contribution is 7.47. The number of imidazole rings is 1. The molecular weight excluding hydrogens is 1060 g/mol. The van der Waals surface area contributed by atoms with E-state index in [9.17, 15) is 57.6 Å². The van der Waals surface area contributed by atoms with Gasteiger partial charge in [0.15, 0.2) is 30.0 Å². The Balaban J connectivity index is 0.992. The number of carbonyl (C=O) groups is 3. The molecule has 410 valence electrons. The minimum absolute atomic E-state index is 0.00151.